The molecule has 2 N–H and O–H groups in total. The molecule has 2 heterocycles. The number of amides is 1. The van der Waals surface area contributed by atoms with Crippen molar-refractivity contribution in [3.63, 3.8) is 0 Å². The van der Waals surface area contributed by atoms with Gasteiger partial charge in [-0.2, -0.15) is 0 Å². The zero-order chi connectivity index (χ0) is 16.1. The molecule has 0 saturated carbocycles. The summed E-state index contributed by atoms with van der Waals surface area (Å²) in [5.41, 5.74) is 3.58. The van der Waals surface area contributed by atoms with Crippen LogP contribution in [0.3, 0.4) is 0 Å². The number of methoxy groups -OCH3 is 1. The number of rotatable bonds is 7. The van der Waals surface area contributed by atoms with Gasteiger partial charge in [-0.15, -0.1) is 0 Å². The molecule has 0 aliphatic carbocycles. The van der Waals surface area contributed by atoms with Gasteiger partial charge in [0.05, 0.1) is 17.9 Å². The van der Waals surface area contributed by atoms with Crippen LogP contribution in [-0.2, 0) is 9.53 Å². The Morgan fingerprint density at radius 2 is 2.13 bits per heavy atom. The zero-order valence-corrected chi connectivity index (χ0v) is 13.2. The van der Waals surface area contributed by atoms with Crippen molar-refractivity contribution in [2.24, 2.45) is 0 Å². The minimum Gasteiger partial charge on any atom is -0.385 e. The van der Waals surface area contributed by atoms with Crippen molar-refractivity contribution in [1.82, 2.24) is 10.3 Å². The SMILES string of the molecule is COCCCNCN1C(=O)C(=Cc2ccc[nH]2)c2ccccc21. The molecule has 5 nitrogen and oxygen atoms in total. The number of hydrogen-bond acceptors (Lipinski definition) is 3. The number of carbonyl (C=O) groups is 1. The van der Waals surface area contributed by atoms with Gasteiger partial charge in [-0.05, 0) is 37.2 Å². The number of aromatic nitrogens is 1. The predicted octanol–water partition coefficient (Wildman–Crippen LogP) is 2.49. The smallest absolute Gasteiger partial charge is 0.260 e. The van der Waals surface area contributed by atoms with Crippen LogP contribution in [0.15, 0.2) is 42.6 Å². The number of nitrogens with one attached hydrogen (secondary N) is 2. The highest BCUT2D eigenvalue weighted by Crippen LogP contribution is 2.36. The Bertz CT molecular complexity index is 692. The van der Waals surface area contributed by atoms with Crippen LogP contribution in [-0.4, -0.2) is 37.8 Å². The first-order valence-corrected chi connectivity index (χ1v) is 7.77. The minimum absolute atomic E-state index is 0.0278. The van der Waals surface area contributed by atoms with Gasteiger partial charge in [-0.1, -0.05) is 18.2 Å². The average Bonchev–Trinajstić information content (AvgIpc) is 3.17. The van der Waals surface area contributed by atoms with E-state index in [9.17, 15) is 4.79 Å². The Morgan fingerprint density at radius 1 is 1.26 bits per heavy atom. The Kier molecular flexibility index (Phi) is 4.90. The highest BCUT2D eigenvalue weighted by atomic mass is 16.5. The summed E-state index contributed by atoms with van der Waals surface area (Å²) in [6.45, 7) is 2.03. The van der Waals surface area contributed by atoms with E-state index in [2.05, 4.69) is 10.3 Å². The quantitative estimate of drug-likeness (QED) is 0.610. The first kappa shape index (κ1) is 15.5. The van der Waals surface area contributed by atoms with Gasteiger partial charge in [-0.3, -0.25) is 15.0 Å². The van der Waals surface area contributed by atoms with Gasteiger partial charge in [0.15, 0.2) is 0 Å². The molecule has 0 saturated heterocycles. The molecule has 1 aliphatic rings. The molecular weight excluding hydrogens is 290 g/mol. The van der Waals surface area contributed by atoms with E-state index in [0.717, 1.165) is 42.1 Å². The van der Waals surface area contributed by atoms with E-state index in [4.69, 9.17) is 4.74 Å². The van der Waals surface area contributed by atoms with E-state index in [1.165, 1.54) is 0 Å². The van der Waals surface area contributed by atoms with Crippen molar-refractivity contribution < 1.29 is 9.53 Å². The summed E-state index contributed by atoms with van der Waals surface area (Å²) in [5, 5.41) is 3.30. The van der Waals surface area contributed by atoms with Crippen molar-refractivity contribution in [2.45, 2.75) is 6.42 Å². The standard InChI is InChI=1S/C18H21N3O2/c1-23-11-5-9-19-13-21-17-8-3-2-7-15(17)16(18(21)22)12-14-6-4-10-20-14/h2-4,6-8,10,12,19-20H,5,9,11,13H2,1H3. The van der Waals surface area contributed by atoms with Crippen LogP contribution < -0.4 is 10.2 Å². The summed E-state index contributed by atoms with van der Waals surface area (Å²) in [6, 6.07) is 11.8. The van der Waals surface area contributed by atoms with Gasteiger partial charge in [0.2, 0.25) is 0 Å². The normalized spacial score (nSPS) is 15.4. The summed E-state index contributed by atoms with van der Waals surface area (Å²) >= 11 is 0. The fraction of sp³-hybridized carbons (Fsp3) is 0.278. The van der Waals surface area contributed by atoms with Gasteiger partial charge in [0.1, 0.15) is 0 Å². The Hall–Kier alpha value is -2.37. The van der Waals surface area contributed by atoms with E-state index in [0.29, 0.717) is 6.67 Å². The third-order valence-corrected chi connectivity index (χ3v) is 3.85. The van der Waals surface area contributed by atoms with E-state index in [1.807, 2.05) is 48.7 Å². The van der Waals surface area contributed by atoms with E-state index < -0.39 is 0 Å². The number of nitrogens with zero attached hydrogens (tertiary/aromatic N) is 1. The van der Waals surface area contributed by atoms with Gasteiger partial charge in [0, 0.05) is 31.2 Å². The monoisotopic (exact) mass is 311 g/mol. The van der Waals surface area contributed by atoms with Crippen LogP contribution in [0.1, 0.15) is 17.7 Å². The number of carbonyl (C=O) groups excluding carboxylic acids is 1. The van der Waals surface area contributed by atoms with Crippen molar-refractivity contribution >= 4 is 23.2 Å². The largest absolute Gasteiger partial charge is 0.385 e. The highest BCUT2D eigenvalue weighted by Gasteiger charge is 2.31. The number of para-hydroxylation sites is 1. The Balaban J connectivity index is 1.78. The fourth-order valence-corrected chi connectivity index (χ4v) is 2.73. The molecule has 0 atom stereocenters. The summed E-state index contributed by atoms with van der Waals surface area (Å²) in [4.78, 5) is 17.7. The molecule has 2 aromatic rings. The second-order valence-corrected chi connectivity index (χ2v) is 5.44. The number of ether oxygens (including phenoxy) is 1. The maximum Gasteiger partial charge on any atom is 0.260 e. The van der Waals surface area contributed by atoms with Crippen LogP contribution >= 0.6 is 0 Å². The van der Waals surface area contributed by atoms with Gasteiger partial charge in [0.25, 0.3) is 5.91 Å². The summed E-state index contributed by atoms with van der Waals surface area (Å²) < 4.78 is 5.03. The van der Waals surface area contributed by atoms with E-state index >= 15 is 0 Å². The van der Waals surface area contributed by atoms with Crippen LogP contribution in [0.4, 0.5) is 5.69 Å². The minimum atomic E-state index is 0.0278. The van der Waals surface area contributed by atoms with Crippen molar-refractivity contribution in [2.75, 3.05) is 31.8 Å². The lowest BCUT2D eigenvalue weighted by Crippen LogP contribution is -2.36. The predicted molar refractivity (Wildman–Crippen MR) is 92.0 cm³/mol. The molecule has 0 fully saturated rings. The molecule has 1 aromatic heterocycles. The molecule has 1 amide bonds. The average molecular weight is 311 g/mol. The lowest BCUT2D eigenvalue weighted by atomic mass is 10.1. The maximum absolute atomic E-state index is 12.8. The number of hydrogen-bond donors (Lipinski definition) is 2. The number of anilines is 1. The molecule has 1 aromatic carbocycles. The molecule has 0 unspecified atom stereocenters. The molecule has 0 bridgehead atoms. The summed E-state index contributed by atoms with van der Waals surface area (Å²) in [7, 11) is 1.69. The first-order valence-electron chi connectivity index (χ1n) is 7.77. The van der Waals surface area contributed by atoms with Crippen LogP contribution in [0.5, 0.6) is 0 Å². The van der Waals surface area contributed by atoms with Crippen molar-refractivity contribution in [3.05, 3.63) is 53.9 Å². The lowest BCUT2D eigenvalue weighted by molar-refractivity contribution is -0.113. The molecule has 5 heteroatoms. The number of aromatic amines is 1. The number of fused-ring (bicyclic) bond motifs is 1. The molecule has 0 spiro atoms. The van der Waals surface area contributed by atoms with Crippen LogP contribution in [0, 0.1) is 0 Å². The molecule has 3 rings (SSSR count). The van der Waals surface area contributed by atoms with Gasteiger partial charge < -0.3 is 9.72 Å². The molecule has 23 heavy (non-hydrogen) atoms. The second-order valence-electron chi connectivity index (χ2n) is 5.44. The fourth-order valence-electron chi connectivity index (χ4n) is 2.73. The van der Waals surface area contributed by atoms with Gasteiger partial charge >= 0.3 is 0 Å². The summed E-state index contributed by atoms with van der Waals surface area (Å²) in [6.07, 6.45) is 4.68. The maximum atomic E-state index is 12.8. The molecular formula is C18H21N3O2. The molecule has 120 valence electrons. The van der Waals surface area contributed by atoms with Crippen molar-refractivity contribution in [3.8, 4) is 0 Å². The third-order valence-electron chi connectivity index (χ3n) is 3.85. The molecule has 0 radical (unpaired) electrons. The third kappa shape index (κ3) is 3.36. The van der Waals surface area contributed by atoms with E-state index in [1.54, 1.807) is 12.0 Å². The first-order chi connectivity index (χ1) is 11.3. The van der Waals surface area contributed by atoms with Gasteiger partial charge in [-0.25, -0.2) is 0 Å². The number of benzene rings is 1. The van der Waals surface area contributed by atoms with E-state index in [-0.39, 0.29) is 5.91 Å². The number of H-pyrrole nitrogens is 1. The zero-order valence-electron chi connectivity index (χ0n) is 13.2. The van der Waals surface area contributed by atoms with Crippen LogP contribution in [0.2, 0.25) is 0 Å². The van der Waals surface area contributed by atoms with Crippen molar-refractivity contribution in [1.29, 1.82) is 0 Å². The second kappa shape index (κ2) is 7.26. The molecule has 1 aliphatic heterocycles. The summed E-state index contributed by atoms with van der Waals surface area (Å²) in [5.74, 6) is 0.0278. The Labute approximate surface area is 136 Å². The lowest BCUT2D eigenvalue weighted by Gasteiger charge is -2.17. The van der Waals surface area contributed by atoms with Crippen LogP contribution in [0.25, 0.3) is 11.6 Å². The Morgan fingerprint density at radius 3 is 2.91 bits per heavy atom. The highest BCUT2D eigenvalue weighted by molar-refractivity contribution is 6.35. The topological polar surface area (TPSA) is 57.4 Å².